The standard InChI is InChI=1S/C46H40N4O3.Pt/c1-30-20-38(52-29-32-12-8-7-9-13-32)21-31(2)45(30)33-27-48-49(28-33)35-22-34(46(3,4)5)23-39(24-35)53-37-16-17-41-40-14-10-11-15-42(40)50(43(41)25-37)44-26-36(51-6)18-19-47-44;/h7-23,26-28H,29H2,1-6H3;/q-2;+2. The molecule has 8 aromatic rings. The molecule has 8 heteroatoms. The first-order valence-electron chi connectivity index (χ1n) is 17.7. The van der Waals surface area contributed by atoms with Gasteiger partial charge in [-0.1, -0.05) is 74.8 Å². The van der Waals surface area contributed by atoms with Gasteiger partial charge in [-0.05, 0) is 76.9 Å². The summed E-state index contributed by atoms with van der Waals surface area (Å²) in [7, 11) is 1.66. The van der Waals surface area contributed by atoms with Gasteiger partial charge in [-0.2, -0.15) is 11.2 Å². The average molecular weight is 892 g/mol. The van der Waals surface area contributed by atoms with Crippen molar-refractivity contribution in [3.8, 4) is 45.6 Å². The predicted molar refractivity (Wildman–Crippen MR) is 211 cm³/mol. The molecular weight excluding hydrogens is 852 g/mol. The molecule has 5 aromatic carbocycles. The molecule has 0 N–H and O–H groups in total. The van der Waals surface area contributed by atoms with Gasteiger partial charge in [-0.3, -0.25) is 4.68 Å². The van der Waals surface area contributed by atoms with Gasteiger partial charge < -0.3 is 18.8 Å². The maximum atomic E-state index is 6.59. The van der Waals surface area contributed by atoms with E-state index in [0.717, 1.165) is 78.2 Å². The largest absolute Gasteiger partial charge is 2.00 e. The Hall–Kier alpha value is -5.65. The SMILES string of the molecule is COc1ccnc(-n2c3[c-]c(Oc4[c-]c(-n5cc(-c6c(C)cc(OCc7ccccc7)cc6C)cn5)cc(C(C)(C)C)c4)ccc3c3ccccc32)c1.[Pt+2]. The molecule has 0 saturated carbocycles. The van der Waals surface area contributed by atoms with Crippen LogP contribution < -0.4 is 14.2 Å². The third-order valence-electron chi connectivity index (χ3n) is 9.53. The van der Waals surface area contributed by atoms with Gasteiger partial charge in [0.15, 0.2) is 0 Å². The molecule has 0 saturated heterocycles. The van der Waals surface area contributed by atoms with Crippen LogP contribution >= 0.6 is 0 Å². The number of nitrogens with zero attached hydrogens (tertiary/aromatic N) is 4. The van der Waals surface area contributed by atoms with Crippen molar-refractivity contribution < 1.29 is 35.3 Å². The van der Waals surface area contributed by atoms with Crippen LogP contribution in [-0.2, 0) is 33.1 Å². The molecule has 0 aliphatic carbocycles. The number of methoxy groups -OCH3 is 1. The molecular formula is C46H40N4O3Pt. The summed E-state index contributed by atoms with van der Waals surface area (Å²) in [5, 5.41) is 6.97. The first-order valence-corrected chi connectivity index (χ1v) is 17.7. The number of fused-ring (bicyclic) bond motifs is 3. The Labute approximate surface area is 330 Å². The number of benzene rings is 5. The van der Waals surface area contributed by atoms with Gasteiger partial charge in [0.1, 0.15) is 23.9 Å². The van der Waals surface area contributed by atoms with Crippen molar-refractivity contribution in [3.63, 3.8) is 0 Å². The molecule has 8 rings (SSSR count). The van der Waals surface area contributed by atoms with Crippen LogP contribution in [-0.4, -0.2) is 26.4 Å². The maximum absolute atomic E-state index is 6.59. The fourth-order valence-electron chi connectivity index (χ4n) is 6.87. The summed E-state index contributed by atoms with van der Waals surface area (Å²) in [6, 6.07) is 41.7. The van der Waals surface area contributed by atoms with Crippen LogP contribution in [0.15, 0.2) is 122 Å². The van der Waals surface area contributed by atoms with Crippen molar-refractivity contribution in [1.82, 2.24) is 19.3 Å². The monoisotopic (exact) mass is 891 g/mol. The summed E-state index contributed by atoms with van der Waals surface area (Å²) < 4.78 is 22.2. The summed E-state index contributed by atoms with van der Waals surface area (Å²) >= 11 is 0. The maximum Gasteiger partial charge on any atom is 2.00 e. The first-order chi connectivity index (χ1) is 25.6. The molecule has 0 amide bonds. The number of hydrogen-bond acceptors (Lipinski definition) is 5. The van der Waals surface area contributed by atoms with E-state index >= 15 is 0 Å². The smallest absolute Gasteiger partial charge is 0.509 e. The van der Waals surface area contributed by atoms with Gasteiger partial charge in [-0.25, -0.2) is 4.98 Å². The van der Waals surface area contributed by atoms with Crippen LogP contribution in [0, 0.1) is 26.0 Å². The molecule has 0 aliphatic heterocycles. The van der Waals surface area contributed by atoms with E-state index in [0.29, 0.717) is 18.1 Å². The molecule has 0 radical (unpaired) electrons. The molecule has 3 heterocycles. The van der Waals surface area contributed by atoms with E-state index in [2.05, 4.69) is 111 Å². The van der Waals surface area contributed by atoms with Crippen molar-refractivity contribution in [1.29, 1.82) is 0 Å². The molecule has 0 unspecified atom stereocenters. The quantitative estimate of drug-likeness (QED) is 0.135. The number of aryl methyl sites for hydroxylation is 2. The number of ether oxygens (including phenoxy) is 3. The molecule has 0 aliphatic rings. The molecule has 0 atom stereocenters. The van der Waals surface area contributed by atoms with Crippen LogP contribution in [0.1, 0.15) is 43.0 Å². The zero-order chi connectivity index (χ0) is 36.7. The summed E-state index contributed by atoms with van der Waals surface area (Å²) in [6.07, 6.45) is 5.72. The fraction of sp³-hybridized carbons (Fsp3) is 0.174. The first kappa shape index (κ1) is 36.7. The molecule has 0 spiro atoms. The second-order valence-corrected chi connectivity index (χ2v) is 14.3. The van der Waals surface area contributed by atoms with E-state index in [-0.39, 0.29) is 26.5 Å². The predicted octanol–water partition coefficient (Wildman–Crippen LogP) is 10.9. The van der Waals surface area contributed by atoms with Crippen LogP contribution in [0.4, 0.5) is 0 Å². The van der Waals surface area contributed by atoms with Gasteiger partial charge in [0, 0.05) is 41.0 Å². The minimum absolute atomic E-state index is 0. The number of rotatable bonds is 9. The third-order valence-corrected chi connectivity index (χ3v) is 9.53. The van der Waals surface area contributed by atoms with E-state index < -0.39 is 0 Å². The Bertz CT molecular complexity index is 2580. The summed E-state index contributed by atoms with van der Waals surface area (Å²) in [5.74, 6) is 3.46. The Balaban J connectivity index is 0.00000450. The molecule has 272 valence electrons. The molecule has 3 aromatic heterocycles. The Morgan fingerprint density at radius 1 is 0.759 bits per heavy atom. The summed E-state index contributed by atoms with van der Waals surface area (Å²) in [6.45, 7) is 11.3. The van der Waals surface area contributed by atoms with Crippen LogP contribution in [0.3, 0.4) is 0 Å². The Morgan fingerprint density at radius 2 is 1.52 bits per heavy atom. The molecule has 0 bridgehead atoms. The number of aromatic nitrogens is 4. The van der Waals surface area contributed by atoms with Gasteiger partial charge in [0.2, 0.25) is 0 Å². The van der Waals surface area contributed by atoms with E-state index in [1.165, 1.54) is 0 Å². The Morgan fingerprint density at radius 3 is 2.28 bits per heavy atom. The fourth-order valence-corrected chi connectivity index (χ4v) is 6.87. The minimum atomic E-state index is -0.154. The Kier molecular flexibility index (Phi) is 10.2. The second-order valence-electron chi connectivity index (χ2n) is 14.3. The van der Waals surface area contributed by atoms with E-state index in [4.69, 9.17) is 19.3 Å². The molecule has 54 heavy (non-hydrogen) atoms. The van der Waals surface area contributed by atoms with E-state index in [1.807, 2.05) is 65.5 Å². The zero-order valence-corrected chi connectivity index (χ0v) is 33.4. The van der Waals surface area contributed by atoms with Crippen molar-refractivity contribution in [2.75, 3.05) is 7.11 Å². The van der Waals surface area contributed by atoms with Crippen LogP contribution in [0.25, 0.3) is 44.4 Å². The molecule has 0 fully saturated rings. The molecule has 7 nitrogen and oxygen atoms in total. The van der Waals surface area contributed by atoms with Crippen molar-refractivity contribution in [2.45, 2.75) is 46.6 Å². The van der Waals surface area contributed by atoms with Crippen molar-refractivity contribution in [2.24, 2.45) is 0 Å². The van der Waals surface area contributed by atoms with E-state index in [1.54, 1.807) is 13.3 Å². The summed E-state index contributed by atoms with van der Waals surface area (Å²) in [4.78, 5) is 4.69. The second kappa shape index (κ2) is 15.0. The van der Waals surface area contributed by atoms with Crippen LogP contribution in [0.5, 0.6) is 23.0 Å². The minimum Gasteiger partial charge on any atom is -0.509 e. The normalized spacial score (nSPS) is 11.4. The van der Waals surface area contributed by atoms with Gasteiger partial charge in [-0.15, -0.1) is 41.3 Å². The third kappa shape index (κ3) is 7.29. The van der Waals surface area contributed by atoms with Gasteiger partial charge in [0.25, 0.3) is 0 Å². The van der Waals surface area contributed by atoms with E-state index in [9.17, 15) is 0 Å². The summed E-state index contributed by atoms with van der Waals surface area (Å²) in [5.41, 5.74) is 9.14. The topological polar surface area (TPSA) is 63.3 Å². The zero-order valence-electron chi connectivity index (χ0n) is 31.1. The number of hydrogen-bond donors (Lipinski definition) is 0. The average Bonchev–Trinajstić information content (AvgIpc) is 3.77. The van der Waals surface area contributed by atoms with Crippen LogP contribution in [0.2, 0.25) is 0 Å². The number of pyridine rings is 1. The van der Waals surface area contributed by atoms with Crippen molar-refractivity contribution in [3.05, 3.63) is 156 Å². The van der Waals surface area contributed by atoms with Crippen molar-refractivity contribution >= 4 is 21.8 Å². The number of para-hydroxylation sites is 1. The van der Waals surface area contributed by atoms with Gasteiger partial charge in [0.05, 0.1) is 13.3 Å². The van der Waals surface area contributed by atoms with Gasteiger partial charge >= 0.3 is 21.1 Å².